The van der Waals surface area contributed by atoms with E-state index in [9.17, 15) is 4.79 Å². The van der Waals surface area contributed by atoms with Gasteiger partial charge in [0.2, 0.25) is 5.88 Å². The molecule has 1 aromatic heterocycles. The molecule has 1 fully saturated rings. The van der Waals surface area contributed by atoms with E-state index < -0.39 is 0 Å². The number of nitrogens with one attached hydrogen (secondary N) is 1. The molecule has 0 saturated carbocycles. The molecule has 6 heteroatoms. The number of hydrogen-bond donors (Lipinski definition) is 1. The number of hydrogen-bond acceptors (Lipinski definition) is 5. The zero-order valence-electron chi connectivity index (χ0n) is 14.2. The second-order valence-electron chi connectivity index (χ2n) is 5.85. The first-order valence-corrected chi connectivity index (χ1v) is 9.51. The average molecular weight is 358 g/mol. The Kier molecular flexibility index (Phi) is 6.17. The lowest BCUT2D eigenvalue weighted by Gasteiger charge is -2.11. The molecule has 2 aromatic rings. The SMILES string of the molecule is COc1cccc(CCNC(=O)c2ccc(OC3CCSC3)nc2)c1. The zero-order valence-corrected chi connectivity index (χ0v) is 15.1. The van der Waals surface area contributed by atoms with Gasteiger partial charge in [-0.3, -0.25) is 4.79 Å². The summed E-state index contributed by atoms with van der Waals surface area (Å²) in [5.41, 5.74) is 1.66. The second kappa shape index (κ2) is 8.76. The van der Waals surface area contributed by atoms with Gasteiger partial charge in [0.1, 0.15) is 11.9 Å². The van der Waals surface area contributed by atoms with Crippen LogP contribution in [0.5, 0.6) is 11.6 Å². The lowest BCUT2D eigenvalue weighted by Crippen LogP contribution is -2.25. The maximum absolute atomic E-state index is 12.2. The van der Waals surface area contributed by atoms with E-state index >= 15 is 0 Å². The maximum Gasteiger partial charge on any atom is 0.252 e. The fourth-order valence-corrected chi connectivity index (χ4v) is 3.71. The van der Waals surface area contributed by atoms with Gasteiger partial charge in [-0.1, -0.05) is 12.1 Å². The molecule has 0 bridgehead atoms. The molecule has 3 rings (SSSR count). The molecule has 1 atom stereocenters. The number of carbonyl (C=O) groups is 1. The summed E-state index contributed by atoms with van der Waals surface area (Å²) >= 11 is 1.89. The largest absolute Gasteiger partial charge is 0.497 e. The molecule has 0 aliphatic carbocycles. The van der Waals surface area contributed by atoms with Gasteiger partial charge in [0.25, 0.3) is 5.91 Å². The van der Waals surface area contributed by atoms with Gasteiger partial charge in [-0.25, -0.2) is 4.98 Å². The predicted molar refractivity (Wildman–Crippen MR) is 99.6 cm³/mol. The van der Waals surface area contributed by atoms with Gasteiger partial charge >= 0.3 is 0 Å². The van der Waals surface area contributed by atoms with Gasteiger partial charge in [-0.15, -0.1) is 0 Å². The van der Waals surface area contributed by atoms with E-state index in [0.717, 1.165) is 35.7 Å². The van der Waals surface area contributed by atoms with Crippen molar-refractivity contribution in [2.45, 2.75) is 18.9 Å². The van der Waals surface area contributed by atoms with E-state index in [0.29, 0.717) is 18.0 Å². The Morgan fingerprint density at radius 2 is 2.28 bits per heavy atom. The van der Waals surface area contributed by atoms with E-state index in [1.807, 2.05) is 36.0 Å². The van der Waals surface area contributed by atoms with Crippen molar-refractivity contribution in [1.29, 1.82) is 0 Å². The van der Waals surface area contributed by atoms with Gasteiger partial charge in [0, 0.05) is 24.6 Å². The summed E-state index contributed by atoms with van der Waals surface area (Å²) in [4.78, 5) is 16.4. The molecule has 25 heavy (non-hydrogen) atoms. The Bertz CT molecular complexity index is 700. The smallest absolute Gasteiger partial charge is 0.252 e. The molecule has 1 aliphatic heterocycles. The number of methoxy groups -OCH3 is 1. The van der Waals surface area contributed by atoms with Crippen LogP contribution in [-0.2, 0) is 6.42 Å². The number of ether oxygens (including phenoxy) is 2. The molecule has 5 nitrogen and oxygen atoms in total. The maximum atomic E-state index is 12.2. The number of carbonyl (C=O) groups excluding carboxylic acids is 1. The summed E-state index contributed by atoms with van der Waals surface area (Å²) in [5.74, 6) is 3.43. The lowest BCUT2D eigenvalue weighted by molar-refractivity contribution is 0.0953. The Morgan fingerprint density at radius 1 is 1.36 bits per heavy atom. The molecule has 0 spiro atoms. The number of aromatic nitrogens is 1. The van der Waals surface area contributed by atoms with Crippen LogP contribution in [0.15, 0.2) is 42.6 Å². The minimum Gasteiger partial charge on any atom is -0.497 e. The van der Waals surface area contributed by atoms with Crippen molar-refractivity contribution in [3.63, 3.8) is 0 Å². The molecule has 2 heterocycles. The quantitative estimate of drug-likeness (QED) is 0.825. The van der Waals surface area contributed by atoms with Gasteiger partial charge in [0.05, 0.1) is 12.7 Å². The molecule has 1 saturated heterocycles. The van der Waals surface area contributed by atoms with Crippen LogP contribution in [0.1, 0.15) is 22.3 Å². The lowest BCUT2D eigenvalue weighted by atomic mass is 10.1. The molecule has 0 radical (unpaired) electrons. The normalized spacial score (nSPS) is 16.4. The third kappa shape index (κ3) is 5.13. The van der Waals surface area contributed by atoms with Crippen LogP contribution in [0.2, 0.25) is 0 Å². The Balaban J connectivity index is 1.47. The van der Waals surface area contributed by atoms with Crippen LogP contribution in [0.3, 0.4) is 0 Å². The van der Waals surface area contributed by atoms with Crippen LogP contribution in [-0.4, -0.2) is 42.2 Å². The Morgan fingerprint density at radius 3 is 3.00 bits per heavy atom. The van der Waals surface area contributed by atoms with Gasteiger partial charge in [-0.2, -0.15) is 11.8 Å². The molecule has 1 aromatic carbocycles. The molecule has 1 aliphatic rings. The highest BCUT2D eigenvalue weighted by atomic mass is 32.2. The molecule has 1 N–H and O–H groups in total. The highest BCUT2D eigenvalue weighted by Crippen LogP contribution is 2.22. The Labute approximate surface area is 152 Å². The van der Waals surface area contributed by atoms with Crippen LogP contribution in [0.25, 0.3) is 0 Å². The summed E-state index contributed by atoms with van der Waals surface area (Å²) in [5, 5.41) is 2.91. The van der Waals surface area contributed by atoms with E-state index in [1.165, 1.54) is 0 Å². The number of amides is 1. The minimum absolute atomic E-state index is 0.127. The predicted octanol–water partition coefficient (Wildman–Crippen LogP) is 2.95. The molecule has 1 unspecified atom stereocenters. The van der Waals surface area contributed by atoms with Crippen LogP contribution >= 0.6 is 11.8 Å². The van der Waals surface area contributed by atoms with E-state index in [-0.39, 0.29) is 12.0 Å². The van der Waals surface area contributed by atoms with Crippen molar-refractivity contribution in [2.75, 3.05) is 25.2 Å². The summed E-state index contributed by atoms with van der Waals surface area (Å²) in [6.07, 6.45) is 3.61. The Hall–Kier alpha value is -2.21. The second-order valence-corrected chi connectivity index (χ2v) is 7.00. The summed E-state index contributed by atoms with van der Waals surface area (Å²) < 4.78 is 11.0. The van der Waals surface area contributed by atoms with Crippen LogP contribution in [0.4, 0.5) is 0 Å². The number of thioether (sulfide) groups is 1. The van der Waals surface area contributed by atoms with Crippen molar-refractivity contribution in [3.8, 4) is 11.6 Å². The third-order valence-electron chi connectivity index (χ3n) is 4.01. The fourth-order valence-electron chi connectivity index (χ4n) is 2.61. The van der Waals surface area contributed by atoms with E-state index in [4.69, 9.17) is 9.47 Å². The summed E-state index contributed by atoms with van der Waals surface area (Å²) in [7, 11) is 1.65. The topological polar surface area (TPSA) is 60.5 Å². The van der Waals surface area contributed by atoms with Crippen molar-refractivity contribution in [1.82, 2.24) is 10.3 Å². The van der Waals surface area contributed by atoms with E-state index in [1.54, 1.807) is 25.4 Å². The van der Waals surface area contributed by atoms with Gasteiger partial charge < -0.3 is 14.8 Å². The summed E-state index contributed by atoms with van der Waals surface area (Å²) in [6.45, 7) is 0.559. The number of benzene rings is 1. The first-order valence-electron chi connectivity index (χ1n) is 8.36. The molecule has 1 amide bonds. The van der Waals surface area contributed by atoms with Crippen LogP contribution < -0.4 is 14.8 Å². The molecular weight excluding hydrogens is 336 g/mol. The standard InChI is InChI=1S/C19H22N2O3S/c1-23-16-4-2-3-14(11-16)7-9-20-19(22)15-5-6-18(21-12-15)24-17-8-10-25-13-17/h2-6,11-12,17H,7-10,13H2,1H3,(H,20,22). The van der Waals surface area contributed by atoms with Gasteiger partial charge in [0.15, 0.2) is 0 Å². The van der Waals surface area contributed by atoms with Crippen molar-refractivity contribution in [2.24, 2.45) is 0 Å². The monoisotopic (exact) mass is 358 g/mol. The average Bonchev–Trinajstić information content (AvgIpc) is 3.15. The first kappa shape index (κ1) is 17.6. The van der Waals surface area contributed by atoms with Crippen molar-refractivity contribution < 1.29 is 14.3 Å². The first-order chi connectivity index (χ1) is 12.2. The van der Waals surface area contributed by atoms with Crippen molar-refractivity contribution in [3.05, 3.63) is 53.7 Å². The highest BCUT2D eigenvalue weighted by molar-refractivity contribution is 7.99. The number of rotatable bonds is 7. The highest BCUT2D eigenvalue weighted by Gasteiger charge is 2.17. The van der Waals surface area contributed by atoms with Gasteiger partial charge in [-0.05, 0) is 42.4 Å². The third-order valence-corrected chi connectivity index (χ3v) is 5.14. The number of pyridine rings is 1. The minimum atomic E-state index is -0.127. The fraction of sp³-hybridized carbons (Fsp3) is 0.368. The summed E-state index contributed by atoms with van der Waals surface area (Å²) in [6, 6.07) is 11.4. The molecule has 132 valence electrons. The van der Waals surface area contributed by atoms with E-state index in [2.05, 4.69) is 10.3 Å². The zero-order chi connectivity index (χ0) is 17.5. The van der Waals surface area contributed by atoms with Crippen molar-refractivity contribution >= 4 is 17.7 Å². The molecular formula is C19H22N2O3S. The van der Waals surface area contributed by atoms with Crippen LogP contribution in [0, 0.1) is 0 Å². The number of nitrogens with zero attached hydrogens (tertiary/aromatic N) is 1.